The van der Waals surface area contributed by atoms with E-state index < -0.39 is 0 Å². The van der Waals surface area contributed by atoms with Crippen LogP contribution in [0.2, 0.25) is 5.02 Å². The Morgan fingerprint density at radius 1 is 1.33 bits per heavy atom. The van der Waals surface area contributed by atoms with Crippen LogP contribution in [0.4, 0.5) is 5.69 Å². The number of ether oxygens (including phenoxy) is 1. The van der Waals surface area contributed by atoms with Gasteiger partial charge in [-0.15, -0.1) is 0 Å². The van der Waals surface area contributed by atoms with Gasteiger partial charge in [-0.1, -0.05) is 53.5 Å². The van der Waals surface area contributed by atoms with Gasteiger partial charge in [0.1, 0.15) is 0 Å². The predicted molar refractivity (Wildman–Crippen MR) is 101 cm³/mol. The van der Waals surface area contributed by atoms with Crippen LogP contribution in [-0.2, 0) is 11.2 Å². The lowest BCUT2D eigenvalue weighted by atomic mass is 9.72. The zero-order valence-electron chi connectivity index (χ0n) is 13.8. The summed E-state index contributed by atoms with van der Waals surface area (Å²) >= 11 is 9.95. The Hall–Kier alpha value is -1.52. The zero-order valence-corrected chi connectivity index (χ0v) is 16.2. The number of rotatable bonds is 2. The minimum Gasteiger partial charge on any atom is -0.465 e. The van der Waals surface area contributed by atoms with Crippen LogP contribution >= 0.6 is 27.5 Å². The summed E-state index contributed by atoms with van der Waals surface area (Å²) in [6.07, 6.45) is 0.734. The van der Waals surface area contributed by atoms with E-state index in [1.165, 1.54) is 12.7 Å². The average molecular weight is 409 g/mol. The summed E-state index contributed by atoms with van der Waals surface area (Å²) in [6, 6.07) is 11.8. The molecule has 0 fully saturated rings. The number of esters is 1. The third kappa shape index (κ3) is 3.05. The van der Waals surface area contributed by atoms with E-state index in [0.717, 1.165) is 22.1 Å². The number of benzene rings is 2. The Morgan fingerprint density at radius 2 is 2.08 bits per heavy atom. The normalized spacial score (nSPS) is 18.5. The number of hydrogen-bond donors (Lipinski definition) is 1. The van der Waals surface area contributed by atoms with Gasteiger partial charge in [0, 0.05) is 4.47 Å². The molecule has 1 aliphatic heterocycles. The lowest BCUT2D eigenvalue weighted by Gasteiger charge is -2.42. The Kier molecular flexibility index (Phi) is 4.63. The topological polar surface area (TPSA) is 38.3 Å². The van der Waals surface area contributed by atoms with Crippen molar-refractivity contribution in [3.8, 4) is 0 Å². The van der Waals surface area contributed by atoms with Crippen LogP contribution in [-0.4, -0.2) is 13.1 Å². The molecule has 0 saturated heterocycles. The second-order valence-corrected chi connectivity index (χ2v) is 8.06. The summed E-state index contributed by atoms with van der Waals surface area (Å²) in [5.41, 5.74) is 3.40. The van der Waals surface area contributed by atoms with Gasteiger partial charge in [-0.25, -0.2) is 4.79 Å². The molecular formula is C19H19BrClNO2. The molecule has 0 saturated carbocycles. The van der Waals surface area contributed by atoms with E-state index in [4.69, 9.17) is 16.3 Å². The summed E-state index contributed by atoms with van der Waals surface area (Å²) in [7, 11) is 1.40. The second kappa shape index (κ2) is 6.41. The van der Waals surface area contributed by atoms with Gasteiger partial charge in [0.05, 0.1) is 29.4 Å². The number of carbonyl (C=O) groups is 1. The summed E-state index contributed by atoms with van der Waals surface area (Å²) in [4.78, 5) is 12.1. The lowest BCUT2D eigenvalue weighted by molar-refractivity contribution is 0.0598. The number of methoxy groups -OCH3 is 1. The van der Waals surface area contributed by atoms with E-state index >= 15 is 0 Å². The minimum absolute atomic E-state index is 0.0906. The highest BCUT2D eigenvalue weighted by Crippen LogP contribution is 2.48. The standard InChI is InChI=1S/C19H19BrClNO2/c1-19(2)10-14-13(18(23)24-3)7-8-15(21)16(14)22-17(19)11-5-4-6-12(20)9-11/h4-9,17,22H,10H2,1-3H3. The molecule has 0 radical (unpaired) electrons. The van der Waals surface area contributed by atoms with E-state index in [-0.39, 0.29) is 17.4 Å². The molecule has 2 aromatic carbocycles. The monoisotopic (exact) mass is 407 g/mol. The molecule has 1 atom stereocenters. The van der Waals surface area contributed by atoms with Crippen molar-refractivity contribution >= 4 is 39.2 Å². The molecule has 24 heavy (non-hydrogen) atoms. The fourth-order valence-corrected chi connectivity index (χ4v) is 4.03. The predicted octanol–water partition coefficient (Wildman–Crippen LogP) is 5.62. The number of anilines is 1. The van der Waals surface area contributed by atoms with Crippen LogP contribution in [0.25, 0.3) is 0 Å². The Morgan fingerprint density at radius 3 is 2.75 bits per heavy atom. The maximum Gasteiger partial charge on any atom is 0.338 e. The van der Waals surface area contributed by atoms with Gasteiger partial charge < -0.3 is 10.1 Å². The first-order chi connectivity index (χ1) is 11.3. The average Bonchev–Trinajstić information content (AvgIpc) is 2.53. The van der Waals surface area contributed by atoms with Gasteiger partial charge in [-0.05, 0) is 47.2 Å². The van der Waals surface area contributed by atoms with Crippen molar-refractivity contribution < 1.29 is 9.53 Å². The first-order valence-electron chi connectivity index (χ1n) is 7.75. The first-order valence-corrected chi connectivity index (χ1v) is 8.92. The number of fused-ring (bicyclic) bond motifs is 1. The number of hydrogen-bond acceptors (Lipinski definition) is 3. The van der Waals surface area contributed by atoms with Crippen LogP contribution in [0.15, 0.2) is 40.9 Å². The fourth-order valence-electron chi connectivity index (χ4n) is 3.38. The molecule has 0 spiro atoms. The maximum absolute atomic E-state index is 12.1. The summed E-state index contributed by atoms with van der Waals surface area (Å²) in [5.74, 6) is -0.332. The molecule has 3 rings (SSSR count). The van der Waals surface area contributed by atoms with Gasteiger partial charge in [0.2, 0.25) is 0 Å². The highest BCUT2D eigenvalue weighted by molar-refractivity contribution is 9.10. The zero-order chi connectivity index (χ0) is 17.5. The van der Waals surface area contributed by atoms with Crippen LogP contribution < -0.4 is 5.32 Å². The molecule has 1 N–H and O–H groups in total. The van der Waals surface area contributed by atoms with Gasteiger partial charge >= 0.3 is 5.97 Å². The molecule has 1 unspecified atom stereocenters. The molecule has 0 aromatic heterocycles. The van der Waals surface area contributed by atoms with E-state index in [1.54, 1.807) is 12.1 Å². The number of carbonyl (C=O) groups excluding carboxylic acids is 1. The van der Waals surface area contributed by atoms with Gasteiger partial charge in [-0.3, -0.25) is 0 Å². The van der Waals surface area contributed by atoms with E-state index in [9.17, 15) is 4.79 Å². The Labute approximate surface area is 155 Å². The van der Waals surface area contributed by atoms with Crippen LogP contribution in [0, 0.1) is 5.41 Å². The molecule has 0 amide bonds. The maximum atomic E-state index is 12.1. The van der Waals surface area contributed by atoms with E-state index in [0.29, 0.717) is 10.6 Å². The summed E-state index contributed by atoms with van der Waals surface area (Å²) in [5, 5.41) is 4.18. The molecule has 3 nitrogen and oxygen atoms in total. The number of nitrogens with one attached hydrogen (secondary N) is 1. The molecule has 0 aliphatic carbocycles. The van der Waals surface area contributed by atoms with Crippen LogP contribution in [0.5, 0.6) is 0 Å². The second-order valence-electron chi connectivity index (χ2n) is 6.74. The Bertz CT molecular complexity index is 804. The third-order valence-corrected chi connectivity index (χ3v) is 5.36. The van der Waals surface area contributed by atoms with Gasteiger partial charge in [0.15, 0.2) is 0 Å². The highest BCUT2D eigenvalue weighted by atomic mass is 79.9. The largest absolute Gasteiger partial charge is 0.465 e. The quantitative estimate of drug-likeness (QED) is 0.655. The van der Waals surface area contributed by atoms with Crippen molar-refractivity contribution in [2.24, 2.45) is 5.41 Å². The molecule has 5 heteroatoms. The molecule has 1 heterocycles. The lowest BCUT2D eigenvalue weighted by Crippen LogP contribution is -2.36. The minimum atomic E-state index is -0.332. The van der Waals surface area contributed by atoms with Crippen molar-refractivity contribution in [2.75, 3.05) is 12.4 Å². The molecular weight excluding hydrogens is 390 g/mol. The van der Waals surface area contributed by atoms with E-state index in [1.807, 2.05) is 12.1 Å². The van der Waals surface area contributed by atoms with Crippen molar-refractivity contribution in [3.05, 3.63) is 62.6 Å². The Balaban J connectivity index is 2.11. The molecule has 1 aliphatic rings. The number of halogens is 2. The van der Waals surface area contributed by atoms with Crippen LogP contribution in [0.3, 0.4) is 0 Å². The summed E-state index contributed by atoms with van der Waals surface area (Å²) < 4.78 is 5.96. The van der Waals surface area contributed by atoms with Crippen LogP contribution in [0.1, 0.15) is 41.4 Å². The van der Waals surface area contributed by atoms with Gasteiger partial charge in [-0.2, -0.15) is 0 Å². The van der Waals surface area contributed by atoms with Crippen molar-refractivity contribution in [1.29, 1.82) is 0 Å². The fraction of sp³-hybridized carbons (Fsp3) is 0.316. The third-order valence-electron chi connectivity index (χ3n) is 4.55. The van der Waals surface area contributed by atoms with Crippen molar-refractivity contribution in [3.63, 3.8) is 0 Å². The smallest absolute Gasteiger partial charge is 0.338 e. The van der Waals surface area contributed by atoms with Crippen molar-refractivity contribution in [1.82, 2.24) is 0 Å². The molecule has 2 aromatic rings. The van der Waals surface area contributed by atoms with Gasteiger partial charge in [0.25, 0.3) is 0 Å². The molecule has 126 valence electrons. The van der Waals surface area contributed by atoms with E-state index in [2.05, 4.69) is 47.2 Å². The molecule has 0 bridgehead atoms. The highest BCUT2D eigenvalue weighted by Gasteiger charge is 2.38. The first kappa shape index (κ1) is 17.3. The summed E-state index contributed by atoms with van der Waals surface area (Å²) in [6.45, 7) is 4.38. The SMILES string of the molecule is COC(=O)c1ccc(Cl)c2c1CC(C)(C)C(c1cccc(Br)c1)N2. The van der Waals surface area contributed by atoms with Crippen molar-refractivity contribution in [2.45, 2.75) is 26.3 Å².